The van der Waals surface area contributed by atoms with Gasteiger partial charge in [0, 0.05) is 40.0 Å². The number of para-hydroxylation sites is 2. The summed E-state index contributed by atoms with van der Waals surface area (Å²) < 4.78 is 4.59. The molecule has 0 fully saturated rings. The molecule has 0 N–H and O–H groups in total. The van der Waals surface area contributed by atoms with E-state index >= 15 is 0 Å². The molecule has 0 atom stereocenters. The van der Waals surface area contributed by atoms with Gasteiger partial charge in [-0.3, -0.25) is 9.97 Å². The molecule has 6 heteroatoms. The Bertz CT molecular complexity index is 4850. The minimum Gasteiger partial charge on any atom is -0.337 e. The molecular weight excluding hydrogens is 1210 g/mol. The molecule has 0 bridgehead atoms. The molecule has 0 amide bonds. The summed E-state index contributed by atoms with van der Waals surface area (Å²) >= 11 is 0. The number of hydrogen-bond acceptors (Lipinski definition) is 3. The first-order chi connectivity index (χ1) is 41.3. The second-order valence-electron chi connectivity index (χ2n) is 22.5. The molecule has 0 aliphatic heterocycles. The van der Waals surface area contributed by atoms with E-state index in [0.717, 1.165) is 104 Å². The summed E-state index contributed by atoms with van der Waals surface area (Å²) in [5, 5.41) is 6.93. The number of fused-ring (bicyclic) bond motifs is 12. The van der Waals surface area contributed by atoms with Crippen LogP contribution in [0, 0.1) is 45.9 Å². The third-order valence-electron chi connectivity index (χ3n) is 17.4. The molecule has 5 aromatic heterocycles. The van der Waals surface area contributed by atoms with E-state index in [2.05, 4.69) is 267 Å². The fourth-order valence-corrected chi connectivity index (χ4v) is 12.8. The van der Waals surface area contributed by atoms with Crippen molar-refractivity contribution in [3.05, 3.63) is 294 Å². The molecule has 0 aliphatic rings. The zero-order valence-corrected chi connectivity index (χ0v) is 50.2. The first kappa shape index (κ1) is 53.4. The first-order valence-electron chi connectivity index (χ1n) is 29.2. The minimum absolute atomic E-state index is 0. The Labute approximate surface area is 509 Å². The fraction of sp³-hybridized carbons (Fsp3) is 0.101. The van der Waals surface area contributed by atoms with E-state index in [0.29, 0.717) is 0 Å². The van der Waals surface area contributed by atoms with Crippen molar-refractivity contribution in [2.24, 2.45) is 0 Å². The van der Waals surface area contributed by atoms with Crippen molar-refractivity contribution < 1.29 is 20.1 Å². The quantitative estimate of drug-likeness (QED) is 0.0905. The van der Waals surface area contributed by atoms with Crippen LogP contribution in [0.25, 0.3) is 122 Å². The summed E-state index contributed by atoms with van der Waals surface area (Å²) in [6.07, 6.45) is 5.29. The smallest absolute Gasteiger partial charge is 0.337 e. The van der Waals surface area contributed by atoms with Gasteiger partial charge in [-0.1, -0.05) is 210 Å². The van der Waals surface area contributed by atoms with Crippen LogP contribution in [0.1, 0.15) is 45.0 Å². The number of rotatable bonds is 12. The zero-order chi connectivity index (χ0) is 56.4. The Morgan fingerprint density at radius 3 is 1.36 bits per heavy atom. The monoisotopic (exact) mass is 1270 g/mol. The van der Waals surface area contributed by atoms with Gasteiger partial charge in [0.15, 0.2) is 0 Å². The number of hydrogen-bond donors (Lipinski definition) is 0. The normalized spacial score (nSPS) is 11.6. The van der Waals surface area contributed by atoms with E-state index in [1.807, 2.05) is 18.3 Å². The van der Waals surface area contributed by atoms with Crippen molar-refractivity contribution in [2.45, 2.75) is 53.4 Å². The van der Waals surface area contributed by atoms with E-state index in [4.69, 9.17) is 15.0 Å². The van der Waals surface area contributed by atoms with Crippen LogP contribution in [-0.2, 0) is 45.8 Å². The number of benzene rings is 10. The molecule has 15 aromatic rings. The van der Waals surface area contributed by atoms with Crippen LogP contribution in [0.5, 0.6) is 0 Å². The summed E-state index contributed by atoms with van der Waals surface area (Å²) in [4.78, 5) is 14.9. The van der Waals surface area contributed by atoms with Crippen molar-refractivity contribution in [3.63, 3.8) is 0 Å². The van der Waals surface area contributed by atoms with Gasteiger partial charge in [0.25, 0.3) is 0 Å². The number of pyridine rings is 3. The minimum atomic E-state index is 0. The fourth-order valence-electron chi connectivity index (χ4n) is 12.8. The molecule has 15 rings (SSSR count). The molecule has 0 saturated heterocycles. The third-order valence-corrected chi connectivity index (χ3v) is 17.4. The molecule has 5 heterocycles. The predicted molar refractivity (Wildman–Crippen MR) is 348 cm³/mol. The standard InChI is InChI=1S/C79H58N5.Ir/c1-50-52(3)83-76-23-12-10-20-68(76)73-47-54(29-40-70(73)78(83)81-50)25-27-56-44-57(28-26-55-30-41-71-74(48-55)69-21-11-13-24-77(69)84-53(4)51(2)82-79(71)84)46-64(45-56)65-18-8-9-19-66(65)67-42-39-63(75-22-14-15-43-80-75)49-72(67)62-37-35-61(36-38-62)60-33-31-59(32-34-60)58-16-6-5-7-17-58;/h5-24,29-38,42-49H,25-28H2,1-4H3;/q-3;+3. The molecule has 5 nitrogen and oxygen atoms in total. The Balaban J connectivity index is 0.00000640. The second-order valence-corrected chi connectivity index (χ2v) is 22.5. The second kappa shape index (κ2) is 22.2. The van der Waals surface area contributed by atoms with Crippen molar-refractivity contribution in [1.29, 1.82) is 0 Å². The van der Waals surface area contributed by atoms with Gasteiger partial charge in [-0.25, -0.2) is 0 Å². The predicted octanol–water partition coefficient (Wildman–Crippen LogP) is 19.2. The molecule has 85 heavy (non-hydrogen) atoms. The van der Waals surface area contributed by atoms with E-state index in [9.17, 15) is 0 Å². The molecule has 408 valence electrons. The van der Waals surface area contributed by atoms with Crippen LogP contribution in [0.4, 0.5) is 0 Å². The van der Waals surface area contributed by atoms with Crippen LogP contribution >= 0.6 is 0 Å². The van der Waals surface area contributed by atoms with Gasteiger partial charge in [0.05, 0.1) is 11.3 Å². The molecule has 0 saturated carbocycles. The average molecular weight is 1270 g/mol. The number of aryl methyl sites for hydroxylation is 8. The van der Waals surface area contributed by atoms with Crippen LogP contribution in [0.2, 0.25) is 0 Å². The Morgan fingerprint density at radius 2 is 0.824 bits per heavy atom. The molecule has 10 aromatic carbocycles. The van der Waals surface area contributed by atoms with Crippen molar-refractivity contribution in [2.75, 3.05) is 0 Å². The Kier molecular flexibility index (Phi) is 14.0. The zero-order valence-electron chi connectivity index (χ0n) is 47.8. The SMILES string of the molecule is Cc1nc2c3[c-]cc(CCc4cc(CCc5c[c-]c6c(c5)c5ccccc5n5c(C)c(C)nc65)cc(-c5ccccc5-c5c[c-]c(-c6ccccn6)cc5-c5ccc(-c6ccc(-c7ccccc7)cc6)cc5)c4)cc3c3ccccc3n2c1C.[Ir+3]. The van der Waals surface area contributed by atoms with E-state index in [1.165, 1.54) is 88.2 Å². The van der Waals surface area contributed by atoms with Crippen molar-refractivity contribution >= 4 is 54.6 Å². The van der Waals surface area contributed by atoms with Gasteiger partial charge in [-0.15, -0.1) is 82.1 Å². The van der Waals surface area contributed by atoms with Crippen LogP contribution in [0.15, 0.2) is 231 Å². The van der Waals surface area contributed by atoms with Gasteiger partial charge < -0.3 is 13.8 Å². The number of aromatic nitrogens is 5. The van der Waals surface area contributed by atoms with Gasteiger partial charge in [-0.05, 0) is 125 Å². The van der Waals surface area contributed by atoms with Crippen LogP contribution < -0.4 is 0 Å². The van der Waals surface area contributed by atoms with Crippen LogP contribution in [0.3, 0.4) is 0 Å². The maximum Gasteiger partial charge on any atom is 3.00 e. The average Bonchev–Trinajstić information content (AvgIpc) is 3.59. The molecular formula is C79H58IrN5. The van der Waals surface area contributed by atoms with Gasteiger partial charge in [-0.2, -0.15) is 0 Å². The summed E-state index contributed by atoms with van der Waals surface area (Å²) in [6, 6.07) is 93.0. The Hall–Kier alpha value is -9.58. The van der Waals surface area contributed by atoms with E-state index in [-0.39, 0.29) is 20.1 Å². The molecule has 0 spiro atoms. The maximum atomic E-state index is 5.06. The maximum absolute atomic E-state index is 5.06. The largest absolute Gasteiger partial charge is 3.00 e. The Morgan fingerprint density at radius 1 is 0.353 bits per heavy atom. The van der Waals surface area contributed by atoms with Crippen molar-refractivity contribution in [1.82, 2.24) is 23.8 Å². The molecule has 0 unspecified atom stereocenters. The third kappa shape index (κ3) is 9.72. The van der Waals surface area contributed by atoms with Gasteiger partial charge in [0.2, 0.25) is 0 Å². The van der Waals surface area contributed by atoms with E-state index < -0.39 is 0 Å². The summed E-state index contributed by atoms with van der Waals surface area (Å²) in [6.45, 7) is 8.52. The van der Waals surface area contributed by atoms with Gasteiger partial charge >= 0.3 is 20.1 Å². The number of imidazole rings is 2. The van der Waals surface area contributed by atoms with Gasteiger partial charge in [0.1, 0.15) is 0 Å². The topological polar surface area (TPSA) is 47.5 Å². The first-order valence-corrected chi connectivity index (χ1v) is 29.2. The molecule has 0 radical (unpaired) electrons. The molecule has 0 aliphatic carbocycles. The summed E-state index contributed by atoms with van der Waals surface area (Å²) in [7, 11) is 0. The van der Waals surface area contributed by atoms with Crippen molar-refractivity contribution in [3.8, 4) is 66.9 Å². The van der Waals surface area contributed by atoms with Crippen LogP contribution in [-0.4, -0.2) is 23.8 Å². The number of nitrogens with zero attached hydrogens (tertiary/aromatic N) is 5. The van der Waals surface area contributed by atoms with E-state index in [1.54, 1.807) is 0 Å². The summed E-state index contributed by atoms with van der Waals surface area (Å²) in [5.41, 5.74) is 27.3. The summed E-state index contributed by atoms with van der Waals surface area (Å²) in [5.74, 6) is 0.